The molecule has 1 rings (SSSR count). The molecule has 0 atom stereocenters. The Kier molecular flexibility index (Phi) is 4.72. The van der Waals surface area contributed by atoms with Crippen molar-refractivity contribution in [1.29, 1.82) is 0 Å². The van der Waals surface area contributed by atoms with Gasteiger partial charge in [-0.15, -0.1) is 11.3 Å². The van der Waals surface area contributed by atoms with Crippen molar-refractivity contribution >= 4 is 37.3 Å². The summed E-state index contributed by atoms with van der Waals surface area (Å²) in [4.78, 5) is 0.964. The summed E-state index contributed by atoms with van der Waals surface area (Å²) in [7, 11) is -1.81. The first kappa shape index (κ1) is 13.1. The van der Waals surface area contributed by atoms with Gasteiger partial charge in [0, 0.05) is 28.3 Å². The van der Waals surface area contributed by atoms with Crippen LogP contribution < -0.4 is 0 Å². The van der Waals surface area contributed by atoms with Gasteiger partial charge in [-0.1, -0.05) is 0 Å². The highest BCUT2D eigenvalue weighted by Gasteiger charge is 2.17. The predicted molar refractivity (Wildman–Crippen MR) is 64.4 cm³/mol. The molecule has 7 heteroatoms. The highest BCUT2D eigenvalue weighted by Crippen LogP contribution is 2.21. The maximum atomic E-state index is 11.5. The molecule has 0 aliphatic rings. The van der Waals surface area contributed by atoms with Crippen LogP contribution in [0.2, 0.25) is 0 Å². The highest BCUT2D eigenvalue weighted by molar-refractivity contribution is 9.10. The van der Waals surface area contributed by atoms with Crippen LogP contribution in [0.5, 0.6) is 0 Å². The Morgan fingerprint density at radius 1 is 1.60 bits per heavy atom. The van der Waals surface area contributed by atoms with Crippen molar-refractivity contribution in [3.05, 3.63) is 20.8 Å². The summed E-state index contributed by atoms with van der Waals surface area (Å²) in [5.41, 5.74) is 0. The van der Waals surface area contributed by atoms with Gasteiger partial charge in [-0.05, 0) is 22.0 Å². The number of halogens is 1. The lowest BCUT2D eigenvalue weighted by Crippen LogP contribution is -2.29. The van der Waals surface area contributed by atoms with Crippen molar-refractivity contribution in [2.75, 3.05) is 19.4 Å². The average Bonchev–Trinajstić information content (AvgIpc) is 2.51. The normalized spacial score (nSPS) is 12.3. The molecule has 0 aliphatic heterocycles. The molecule has 4 nitrogen and oxygen atoms in total. The average molecular weight is 314 g/mol. The minimum absolute atomic E-state index is 0.226. The molecule has 0 unspecified atom stereocenters. The number of aliphatic hydroxyl groups excluding tert-OH is 1. The molecule has 1 aromatic rings. The minimum Gasteiger partial charge on any atom is -0.395 e. The molecule has 0 aliphatic carbocycles. The molecule has 0 saturated heterocycles. The SMILES string of the molecule is CN(Cc1cc(Br)cs1)S(=O)(=O)CCO. The second kappa shape index (κ2) is 5.40. The van der Waals surface area contributed by atoms with Gasteiger partial charge in [0.25, 0.3) is 0 Å². The standard InChI is InChI=1S/C8H12BrNO3S2/c1-10(15(12,13)3-2-11)5-8-4-7(9)6-14-8/h4,6,11H,2-3,5H2,1H3. The molecule has 0 fully saturated rings. The molecular weight excluding hydrogens is 302 g/mol. The molecule has 1 heterocycles. The van der Waals surface area contributed by atoms with Crippen LogP contribution in [-0.4, -0.2) is 37.2 Å². The van der Waals surface area contributed by atoms with E-state index in [-0.39, 0.29) is 12.4 Å². The van der Waals surface area contributed by atoms with Crippen molar-refractivity contribution in [3.8, 4) is 0 Å². The molecule has 0 bridgehead atoms. The summed E-state index contributed by atoms with van der Waals surface area (Å²) in [6.07, 6.45) is 0. The zero-order valence-corrected chi connectivity index (χ0v) is 11.4. The van der Waals surface area contributed by atoms with Crippen molar-refractivity contribution in [2.45, 2.75) is 6.54 Å². The predicted octanol–water partition coefficient (Wildman–Crippen LogP) is 1.26. The Morgan fingerprint density at radius 2 is 2.27 bits per heavy atom. The quantitative estimate of drug-likeness (QED) is 0.890. The Balaban J connectivity index is 2.67. The molecule has 0 amide bonds. The fourth-order valence-corrected chi connectivity index (χ4v) is 3.49. The Bertz CT molecular complexity index is 415. The van der Waals surface area contributed by atoms with E-state index in [1.165, 1.54) is 22.7 Å². The molecule has 1 aromatic heterocycles. The van der Waals surface area contributed by atoms with Gasteiger partial charge in [0.05, 0.1) is 12.4 Å². The molecule has 0 saturated carbocycles. The lowest BCUT2D eigenvalue weighted by molar-refractivity contribution is 0.316. The number of nitrogens with zero attached hydrogens (tertiary/aromatic N) is 1. The first-order chi connectivity index (χ1) is 6.95. The topological polar surface area (TPSA) is 57.6 Å². The largest absolute Gasteiger partial charge is 0.395 e. The van der Waals surface area contributed by atoms with Gasteiger partial charge in [-0.2, -0.15) is 4.31 Å². The van der Waals surface area contributed by atoms with E-state index >= 15 is 0 Å². The van der Waals surface area contributed by atoms with E-state index in [9.17, 15) is 8.42 Å². The maximum absolute atomic E-state index is 11.5. The van der Waals surface area contributed by atoms with E-state index in [0.717, 1.165) is 9.35 Å². The summed E-state index contributed by atoms with van der Waals surface area (Å²) in [6.45, 7) is -0.000587. The van der Waals surface area contributed by atoms with Crippen molar-refractivity contribution in [1.82, 2.24) is 4.31 Å². The number of hydrogen-bond donors (Lipinski definition) is 1. The summed E-state index contributed by atoms with van der Waals surface area (Å²) >= 11 is 4.80. The van der Waals surface area contributed by atoms with E-state index in [1.54, 1.807) is 0 Å². The van der Waals surface area contributed by atoms with Crippen LogP contribution in [0.1, 0.15) is 4.88 Å². The summed E-state index contributed by atoms with van der Waals surface area (Å²) in [5.74, 6) is -0.226. The lowest BCUT2D eigenvalue weighted by Gasteiger charge is -2.15. The van der Waals surface area contributed by atoms with Gasteiger partial charge >= 0.3 is 0 Å². The van der Waals surface area contributed by atoms with Crippen molar-refractivity contribution in [2.24, 2.45) is 0 Å². The number of aliphatic hydroxyl groups is 1. The maximum Gasteiger partial charge on any atom is 0.216 e. The van der Waals surface area contributed by atoms with Gasteiger partial charge < -0.3 is 5.11 Å². The summed E-state index contributed by atoms with van der Waals surface area (Å²) in [6, 6.07) is 1.88. The number of sulfonamides is 1. The van der Waals surface area contributed by atoms with Gasteiger partial charge in [0.15, 0.2) is 0 Å². The van der Waals surface area contributed by atoms with Gasteiger partial charge in [0.1, 0.15) is 0 Å². The van der Waals surface area contributed by atoms with Crippen LogP contribution >= 0.6 is 27.3 Å². The van der Waals surface area contributed by atoms with E-state index in [2.05, 4.69) is 15.9 Å². The van der Waals surface area contributed by atoms with E-state index in [0.29, 0.717) is 6.54 Å². The number of thiophene rings is 1. The zero-order valence-electron chi connectivity index (χ0n) is 8.18. The second-order valence-electron chi connectivity index (χ2n) is 3.03. The number of rotatable bonds is 5. The van der Waals surface area contributed by atoms with E-state index in [1.807, 2.05) is 11.4 Å². The van der Waals surface area contributed by atoms with Crippen LogP contribution in [0.15, 0.2) is 15.9 Å². The third kappa shape index (κ3) is 3.84. The van der Waals surface area contributed by atoms with Crippen LogP contribution in [0.3, 0.4) is 0 Å². The summed E-state index contributed by atoms with van der Waals surface area (Å²) in [5, 5.41) is 10.5. The van der Waals surface area contributed by atoms with E-state index in [4.69, 9.17) is 5.11 Å². The van der Waals surface area contributed by atoms with Crippen LogP contribution in [0.4, 0.5) is 0 Å². The van der Waals surface area contributed by atoms with Crippen molar-refractivity contribution in [3.63, 3.8) is 0 Å². The fraction of sp³-hybridized carbons (Fsp3) is 0.500. The number of hydrogen-bond acceptors (Lipinski definition) is 4. The highest BCUT2D eigenvalue weighted by atomic mass is 79.9. The lowest BCUT2D eigenvalue weighted by atomic mass is 10.5. The van der Waals surface area contributed by atoms with Crippen LogP contribution in [-0.2, 0) is 16.6 Å². The molecule has 1 N–H and O–H groups in total. The molecule has 0 spiro atoms. The molecule has 86 valence electrons. The van der Waals surface area contributed by atoms with Crippen LogP contribution in [0.25, 0.3) is 0 Å². The smallest absolute Gasteiger partial charge is 0.216 e. The minimum atomic E-state index is -3.32. The zero-order chi connectivity index (χ0) is 11.5. The fourth-order valence-electron chi connectivity index (χ4n) is 1.03. The van der Waals surface area contributed by atoms with Crippen LogP contribution in [0, 0.1) is 0 Å². The monoisotopic (exact) mass is 313 g/mol. The molecular formula is C8H12BrNO3S2. The molecule has 0 aromatic carbocycles. The Labute approximate surface area is 102 Å². The van der Waals surface area contributed by atoms with Gasteiger partial charge in [-0.25, -0.2) is 8.42 Å². The first-order valence-corrected chi connectivity index (χ1v) is 7.51. The van der Waals surface area contributed by atoms with E-state index < -0.39 is 10.0 Å². The van der Waals surface area contributed by atoms with Crippen molar-refractivity contribution < 1.29 is 13.5 Å². The molecule has 0 radical (unpaired) electrons. The van der Waals surface area contributed by atoms with Gasteiger partial charge in [-0.3, -0.25) is 0 Å². The first-order valence-electron chi connectivity index (χ1n) is 4.23. The third-order valence-electron chi connectivity index (χ3n) is 1.82. The summed E-state index contributed by atoms with van der Waals surface area (Å²) < 4.78 is 25.2. The molecule has 15 heavy (non-hydrogen) atoms. The second-order valence-corrected chi connectivity index (χ2v) is 7.13. The third-order valence-corrected chi connectivity index (χ3v) is 5.28. The van der Waals surface area contributed by atoms with Gasteiger partial charge in [0.2, 0.25) is 10.0 Å². The Morgan fingerprint density at radius 3 is 2.73 bits per heavy atom. The Hall–Kier alpha value is 0.0500.